The van der Waals surface area contributed by atoms with Crippen LogP contribution in [0.3, 0.4) is 0 Å². The summed E-state index contributed by atoms with van der Waals surface area (Å²) in [5.74, 6) is 0.170. The van der Waals surface area contributed by atoms with Gasteiger partial charge in [-0.2, -0.15) is 0 Å². The minimum atomic E-state index is -1.54. The van der Waals surface area contributed by atoms with Gasteiger partial charge in [-0.3, -0.25) is 4.79 Å². The van der Waals surface area contributed by atoms with Gasteiger partial charge in [-0.1, -0.05) is 48.7 Å². The van der Waals surface area contributed by atoms with Crippen molar-refractivity contribution in [2.24, 2.45) is 5.92 Å². The van der Waals surface area contributed by atoms with Crippen LogP contribution in [0, 0.1) is 5.92 Å². The summed E-state index contributed by atoms with van der Waals surface area (Å²) in [5.41, 5.74) is 0. The summed E-state index contributed by atoms with van der Waals surface area (Å²) in [4.78, 5) is 11.8. The van der Waals surface area contributed by atoms with Gasteiger partial charge in [0.25, 0.3) is 3.79 Å². The Labute approximate surface area is 129 Å². The maximum absolute atomic E-state index is 11.8. The fraction of sp³-hybridized carbons (Fsp3) is 0.917. The van der Waals surface area contributed by atoms with E-state index < -0.39 is 9.96 Å². The van der Waals surface area contributed by atoms with E-state index in [1.54, 1.807) is 0 Å². The molecule has 1 heterocycles. The Morgan fingerprint density at radius 2 is 2.16 bits per heavy atom. The van der Waals surface area contributed by atoms with Gasteiger partial charge < -0.3 is 15.4 Å². The molecular formula is C12H22Cl3N2O2+. The number of nitrogens with two attached hydrogens (primary N) is 1. The van der Waals surface area contributed by atoms with Crippen LogP contribution in [0.15, 0.2) is 0 Å². The number of amides is 1. The summed E-state index contributed by atoms with van der Waals surface area (Å²) in [5, 5.41) is 4.60. The van der Waals surface area contributed by atoms with Crippen molar-refractivity contribution in [3.05, 3.63) is 0 Å². The molecule has 1 fully saturated rings. The largest absolute Gasteiger partial charge is 0.372 e. The molecule has 0 aromatic heterocycles. The minimum absolute atomic E-state index is 0.102. The quantitative estimate of drug-likeness (QED) is 0.573. The molecular weight excluding hydrogens is 311 g/mol. The van der Waals surface area contributed by atoms with E-state index in [0.29, 0.717) is 13.0 Å². The number of carbonyl (C=O) groups excluding carboxylic acids is 1. The third-order valence-electron chi connectivity index (χ3n) is 2.92. The second-order valence-electron chi connectivity index (χ2n) is 5.29. The van der Waals surface area contributed by atoms with Crippen molar-refractivity contribution in [2.45, 2.75) is 49.2 Å². The Morgan fingerprint density at radius 1 is 1.47 bits per heavy atom. The minimum Gasteiger partial charge on any atom is -0.372 e. The summed E-state index contributed by atoms with van der Waals surface area (Å²) < 4.78 is 3.98. The summed E-state index contributed by atoms with van der Waals surface area (Å²) in [6.07, 6.45) is 2.09. The summed E-state index contributed by atoms with van der Waals surface area (Å²) in [7, 11) is 0. The molecule has 0 aromatic rings. The molecule has 1 amide bonds. The third kappa shape index (κ3) is 7.00. The number of hydrogen-bond acceptors (Lipinski definition) is 2. The highest BCUT2D eigenvalue weighted by atomic mass is 35.6. The lowest BCUT2D eigenvalue weighted by Crippen LogP contribution is -2.97. The van der Waals surface area contributed by atoms with E-state index in [4.69, 9.17) is 39.5 Å². The Balaban J connectivity index is 2.44. The predicted octanol–water partition coefficient (Wildman–Crippen LogP) is 1.59. The van der Waals surface area contributed by atoms with Crippen LogP contribution in [-0.4, -0.2) is 35.1 Å². The first-order chi connectivity index (χ1) is 8.79. The van der Waals surface area contributed by atoms with Gasteiger partial charge in [0.1, 0.15) is 12.6 Å². The Hall–Kier alpha value is 0.260. The molecule has 0 aromatic carbocycles. The predicted molar refractivity (Wildman–Crippen MR) is 77.4 cm³/mol. The summed E-state index contributed by atoms with van der Waals surface area (Å²) >= 11 is 17.7. The topological polar surface area (TPSA) is 54.9 Å². The fourth-order valence-electron chi connectivity index (χ4n) is 2.00. The lowest BCUT2D eigenvalue weighted by atomic mass is 10.1. The lowest BCUT2D eigenvalue weighted by Gasteiger charge is -2.24. The number of rotatable bonds is 6. The van der Waals surface area contributed by atoms with Gasteiger partial charge in [-0.25, -0.2) is 0 Å². The second kappa shape index (κ2) is 7.89. The number of nitrogens with one attached hydrogen (secondary N) is 1. The van der Waals surface area contributed by atoms with Gasteiger partial charge in [0.2, 0.25) is 12.1 Å². The zero-order chi connectivity index (χ0) is 14.5. The molecule has 7 heteroatoms. The van der Waals surface area contributed by atoms with E-state index in [-0.39, 0.29) is 17.9 Å². The molecule has 1 aliphatic rings. The van der Waals surface area contributed by atoms with Crippen molar-refractivity contribution in [1.29, 1.82) is 0 Å². The smallest absolute Gasteiger partial charge is 0.262 e. The van der Waals surface area contributed by atoms with Gasteiger partial charge in [-0.05, 0) is 18.8 Å². The first-order valence-corrected chi connectivity index (χ1v) is 7.73. The normalized spacial score (nSPS) is 21.7. The first kappa shape index (κ1) is 17.3. The van der Waals surface area contributed by atoms with E-state index in [9.17, 15) is 4.79 Å². The number of hydrogen-bond donors (Lipinski definition) is 2. The number of carbonyl (C=O) groups is 1. The molecule has 1 saturated heterocycles. The third-order valence-corrected chi connectivity index (χ3v) is 3.63. The van der Waals surface area contributed by atoms with E-state index in [2.05, 4.69) is 5.32 Å². The maximum atomic E-state index is 11.8. The molecule has 0 spiro atoms. The van der Waals surface area contributed by atoms with Crippen molar-refractivity contribution in [2.75, 3.05) is 13.2 Å². The SMILES string of the molecule is CC(C)CC(=O)N[C@H]([NH2+]C[C@H]1CCCO1)C(Cl)(Cl)Cl. The summed E-state index contributed by atoms with van der Waals surface area (Å²) in [6, 6.07) is 0. The molecule has 19 heavy (non-hydrogen) atoms. The van der Waals surface area contributed by atoms with Crippen LogP contribution in [0.25, 0.3) is 0 Å². The number of ether oxygens (including phenoxy) is 1. The van der Waals surface area contributed by atoms with Crippen LogP contribution in [0.2, 0.25) is 0 Å². The number of halogens is 3. The Kier molecular flexibility index (Phi) is 7.19. The zero-order valence-corrected chi connectivity index (χ0v) is 13.6. The van der Waals surface area contributed by atoms with Gasteiger partial charge >= 0.3 is 0 Å². The average Bonchev–Trinajstić information content (AvgIpc) is 2.74. The van der Waals surface area contributed by atoms with Gasteiger partial charge in [0.15, 0.2) is 0 Å². The van der Waals surface area contributed by atoms with Crippen LogP contribution in [0.5, 0.6) is 0 Å². The summed E-state index contributed by atoms with van der Waals surface area (Å²) in [6.45, 7) is 5.41. The van der Waals surface area contributed by atoms with Crippen molar-refractivity contribution in [3.63, 3.8) is 0 Å². The van der Waals surface area contributed by atoms with Crippen molar-refractivity contribution in [1.82, 2.24) is 5.32 Å². The van der Waals surface area contributed by atoms with Gasteiger partial charge in [-0.15, -0.1) is 0 Å². The maximum Gasteiger partial charge on any atom is 0.262 e. The van der Waals surface area contributed by atoms with Crippen molar-refractivity contribution < 1.29 is 14.8 Å². The van der Waals surface area contributed by atoms with Crippen molar-refractivity contribution >= 4 is 40.7 Å². The Bertz CT molecular complexity index is 289. The standard InChI is InChI=1S/C12H21Cl3N2O2/c1-8(2)6-10(18)17-11(12(13,14)15)16-7-9-4-3-5-19-9/h8-9,11,16H,3-7H2,1-2H3,(H,17,18)/p+1/t9-,11+/m1/s1. The molecule has 0 bridgehead atoms. The molecule has 112 valence electrons. The van der Waals surface area contributed by atoms with Gasteiger partial charge in [0, 0.05) is 13.0 Å². The van der Waals surface area contributed by atoms with E-state index >= 15 is 0 Å². The zero-order valence-electron chi connectivity index (χ0n) is 11.3. The Morgan fingerprint density at radius 3 is 2.63 bits per heavy atom. The van der Waals surface area contributed by atoms with E-state index in [1.807, 2.05) is 19.2 Å². The van der Waals surface area contributed by atoms with Gasteiger partial charge in [0.05, 0.1) is 0 Å². The van der Waals surface area contributed by atoms with Crippen LogP contribution in [-0.2, 0) is 9.53 Å². The van der Waals surface area contributed by atoms with Crippen LogP contribution in [0.4, 0.5) is 0 Å². The molecule has 1 rings (SSSR count). The molecule has 0 unspecified atom stereocenters. The average molecular weight is 333 g/mol. The molecule has 4 nitrogen and oxygen atoms in total. The second-order valence-corrected chi connectivity index (χ2v) is 7.66. The highest BCUT2D eigenvalue weighted by Gasteiger charge is 2.38. The molecule has 0 saturated carbocycles. The lowest BCUT2D eigenvalue weighted by molar-refractivity contribution is -0.697. The van der Waals surface area contributed by atoms with Crippen molar-refractivity contribution in [3.8, 4) is 0 Å². The fourth-order valence-corrected chi connectivity index (χ4v) is 2.43. The molecule has 0 radical (unpaired) electrons. The van der Waals surface area contributed by atoms with E-state index in [0.717, 1.165) is 19.4 Å². The van der Waals surface area contributed by atoms with Crippen LogP contribution in [0.1, 0.15) is 33.1 Å². The molecule has 3 N–H and O–H groups in total. The number of alkyl halides is 3. The van der Waals surface area contributed by atoms with E-state index in [1.165, 1.54) is 0 Å². The highest BCUT2D eigenvalue weighted by Crippen LogP contribution is 2.27. The highest BCUT2D eigenvalue weighted by molar-refractivity contribution is 6.68. The molecule has 0 aliphatic carbocycles. The van der Waals surface area contributed by atoms with Crippen LogP contribution >= 0.6 is 34.8 Å². The molecule has 1 aliphatic heterocycles. The molecule has 2 atom stereocenters. The number of quaternary nitrogens is 1. The van der Waals surface area contributed by atoms with Crippen LogP contribution < -0.4 is 10.6 Å². The first-order valence-electron chi connectivity index (χ1n) is 6.60. The monoisotopic (exact) mass is 331 g/mol.